The van der Waals surface area contributed by atoms with E-state index in [0.29, 0.717) is 12.1 Å². The second-order valence-electron chi connectivity index (χ2n) is 3.99. The standard InChI is InChI=1S/C13H14N2O3/c1-15-11-6-4-3-5-9(11)14-10(13(15)17)7-8-12(16)18-2/h3-6H,7-8H2,1-2H3. The number of hydrogen-bond donors (Lipinski definition) is 0. The molecule has 18 heavy (non-hydrogen) atoms. The number of fused-ring (bicyclic) bond motifs is 1. The first kappa shape index (κ1) is 12.3. The number of para-hydroxylation sites is 2. The third kappa shape index (κ3) is 2.25. The Kier molecular flexibility index (Phi) is 3.41. The number of benzene rings is 1. The van der Waals surface area contributed by atoms with E-state index in [1.807, 2.05) is 24.3 Å². The van der Waals surface area contributed by atoms with Gasteiger partial charge in [0, 0.05) is 13.5 Å². The molecule has 0 saturated carbocycles. The van der Waals surface area contributed by atoms with Crippen LogP contribution in [0.1, 0.15) is 12.1 Å². The molecule has 94 valence electrons. The predicted molar refractivity (Wildman–Crippen MR) is 67.3 cm³/mol. The van der Waals surface area contributed by atoms with Gasteiger partial charge in [-0.25, -0.2) is 4.98 Å². The summed E-state index contributed by atoms with van der Waals surface area (Å²) >= 11 is 0. The van der Waals surface area contributed by atoms with Crippen molar-refractivity contribution >= 4 is 17.0 Å². The van der Waals surface area contributed by atoms with Gasteiger partial charge in [0.1, 0.15) is 5.69 Å². The third-order valence-electron chi connectivity index (χ3n) is 2.84. The molecule has 0 bridgehead atoms. The quantitative estimate of drug-likeness (QED) is 0.759. The molecule has 0 aliphatic heterocycles. The van der Waals surface area contributed by atoms with Crippen LogP contribution in [-0.4, -0.2) is 22.6 Å². The first-order valence-electron chi connectivity index (χ1n) is 5.65. The zero-order valence-corrected chi connectivity index (χ0v) is 10.3. The number of nitrogens with zero attached hydrogens (tertiary/aromatic N) is 2. The van der Waals surface area contributed by atoms with Gasteiger partial charge in [0.25, 0.3) is 5.56 Å². The van der Waals surface area contributed by atoms with Gasteiger partial charge >= 0.3 is 5.97 Å². The van der Waals surface area contributed by atoms with Crippen molar-refractivity contribution in [2.45, 2.75) is 12.8 Å². The van der Waals surface area contributed by atoms with E-state index in [9.17, 15) is 9.59 Å². The van der Waals surface area contributed by atoms with E-state index in [4.69, 9.17) is 0 Å². The summed E-state index contributed by atoms with van der Waals surface area (Å²) in [6.45, 7) is 0. The van der Waals surface area contributed by atoms with E-state index in [-0.39, 0.29) is 17.9 Å². The van der Waals surface area contributed by atoms with Gasteiger partial charge in [0.05, 0.1) is 24.6 Å². The Hall–Kier alpha value is -2.17. The zero-order valence-electron chi connectivity index (χ0n) is 10.3. The molecule has 0 aliphatic carbocycles. The van der Waals surface area contributed by atoms with E-state index >= 15 is 0 Å². The fourth-order valence-electron chi connectivity index (χ4n) is 1.82. The lowest BCUT2D eigenvalue weighted by molar-refractivity contribution is -0.140. The van der Waals surface area contributed by atoms with Crippen molar-refractivity contribution in [3.05, 3.63) is 40.3 Å². The highest BCUT2D eigenvalue weighted by Gasteiger charge is 2.10. The number of aromatic nitrogens is 2. The average Bonchev–Trinajstić information content (AvgIpc) is 2.41. The fraction of sp³-hybridized carbons (Fsp3) is 0.308. The van der Waals surface area contributed by atoms with Gasteiger partial charge < -0.3 is 9.30 Å². The van der Waals surface area contributed by atoms with Crippen LogP contribution in [0.2, 0.25) is 0 Å². The van der Waals surface area contributed by atoms with E-state index < -0.39 is 0 Å². The van der Waals surface area contributed by atoms with Crippen LogP contribution in [0.4, 0.5) is 0 Å². The second-order valence-corrected chi connectivity index (χ2v) is 3.99. The molecule has 0 unspecified atom stereocenters. The highest BCUT2D eigenvalue weighted by molar-refractivity contribution is 5.74. The summed E-state index contributed by atoms with van der Waals surface area (Å²) in [6.07, 6.45) is 0.460. The molecule has 1 aromatic carbocycles. The predicted octanol–water partition coefficient (Wildman–Crippen LogP) is 1.04. The van der Waals surface area contributed by atoms with E-state index in [0.717, 1.165) is 11.0 Å². The number of carbonyl (C=O) groups is 1. The molecule has 1 heterocycles. The molecule has 5 nitrogen and oxygen atoms in total. The number of aryl methyl sites for hydroxylation is 2. The lowest BCUT2D eigenvalue weighted by atomic mass is 10.2. The van der Waals surface area contributed by atoms with Gasteiger partial charge in [-0.1, -0.05) is 12.1 Å². The van der Waals surface area contributed by atoms with Crippen molar-refractivity contribution in [1.29, 1.82) is 0 Å². The number of esters is 1. The molecule has 2 aromatic rings. The van der Waals surface area contributed by atoms with Gasteiger partial charge in [-0.2, -0.15) is 0 Å². The molecule has 2 rings (SSSR count). The van der Waals surface area contributed by atoms with Crippen LogP contribution in [-0.2, 0) is 23.0 Å². The van der Waals surface area contributed by atoms with Gasteiger partial charge in [0.2, 0.25) is 0 Å². The molecule has 0 amide bonds. The molecule has 0 radical (unpaired) electrons. The van der Waals surface area contributed by atoms with Crippen molar-refractivity contribution in [3.63, 3.8) is 0 Å². The van der Waals surface area contributed by atoms with Crippen LogP contribution in [0.25, 0.3) is 11.0 Å². The normalized spacial score (nSPS) is 10.6. The van der Waals surface area contributed by atoms with Crippen molar-refractivity contribution in [1.82, 2.24) is 9.55 Å². The topological polar surface area (TPSA) is 61.2 Å². The Bertz CT molecular complexity index is 646. The average molecular weight is 246 g/mol. The maximum absolute atomic E-state index is 12.0. The minimum absolute atomic E-state index is 0.164. The molecule has 0 spiro atoms. The Morgan fingerprint density at radius 3 is 2.83 bits per heavy atom. The molecule has 1 aromatic heterocycles. The number of rotatable bonds is 3. The van der Waals surface area contributed by atoms with Crippen LogP contribution in [0.5, 0.6) is 0 Å². The molecular formula is C13H14N2O3. The Morgan fingerprint density at radius 1 is 1.39 bits per heavy atom. The Balaban J connectivity index is 2.43. The summed E-state index contributed by atoms with van der Waals surface area (Å²) in [6, 6.07) is 7.41. The highest BCUT2D eigenvalue weighted by atomic mass is 16.5. The Morgan fingerprint density at radius 2 is 2.11 bits per heavy atom. The van der Waals surface area contributed by atoms with Crippen molar-refractivity contribution in [2.75, 3.05) is 7.11 Å². The third-order valence-corrected chi connectivity index (χ3v) is 2.84. The van der Waals surface area contributed by atoms with Gasteiger partial charge in [-0.05, 0) is 12.1 Å². The summed E-state index contributed by atoms with van der Waals surface area (Å²) < 4.78 is 6.10. The minimum atomic E-state index is -0.341. The largest absolute Gasteiger partial charge is 0.469 e. The first-order chi connectivity index (χ1) is 8.63. The second kappa shape index (κ2) is 5.00. The van der Waals surface area contributed by atoms with Gasteiger partial charge in [-0.3, -0.25) is 9.59 Å². The molecule has 0 saturated heterocycles. The molecule has 0 fully saturated rings. The monoisotopic (exact) mass is 246 g/mol. The number of methoxy groups -OCH3 is 1. The first-order valence-corrected chi connectivity index (χ1v) is 5.65. The van der Waals surface area contributed by atoms with E-state index in [1.54, 1.807) is 11.6 Å². The van der Waals surface area contributed by atoms with Crippen LogP contribution in [0.3, 0.4) is 0 Å². The lowest BCUT2D eigenvalue weighted by Crippen LogP contribution is -2.24. The summed E-state index contributed by atoms with van der Waals surface area (Å²) in [7, 11) is 3.03. The minimum Gasteiger partial charge on any atom is -0.469 e. The maximum atomic E-state index is 12.0. The smallest absolute Gasteiger partial charge is 0.305 e. The molecule has 0 N–H and O–H groups in total. The molecule has 0 aliphatic rings. The van der Waals surface area contributed by atoms with E-state index in [1.165, 1.54) is 7.11 Å². The van der Waals surface area contributed by atoms with E-state index in [2.05, 4.69) is 9.72 Å². The van der Waals surface area contributed by atoms with Crippen molar-refractivity contribution in [3.8, 4) is 0 Å². The molecule has 0 atom stereocenters. The van der Waals surface area contributed by atoms with Crippen LogP contribution in [0.15, 0.2) is 29.1 Å². The molecule has 5 heteroatoms. The number of carbonyl (C=O) groups excluding carboxylic acids is 1. The van der Waals surface area contributed by atoms with Crippen LogP contribution in [0, 0.1) is 0 Å². The van der Waals surface area contributed by atoms with Crippen molar-refractivity contribution < 1.29 is 9.53 Å². The van der Waals surface area contributed by atoms with Crippen molar-refractivity contribution in [2.24, 2.45) is 7.05 Å². The summed E-state index contributed by atoms with van der Waals surface area (Å²) in [5.41, 5.74) is 1.75. The number of ether oxygens (including phenoxy) is 1. The fourth-order valence-corrected chi connectivity index (χ4v) is 1.82. The Labute approximate surface area is 104 Å². The van der Waals surface area contributed by atoms with Gasteiger partial charge in [0.15, 0.2) is 0 Å². The SMILES string of the molecule is COC(=O)CCc1nc2ccccc2n(C)c1=O. The zero-order chi connectivity index (χ0) is 13.1. The summed E-state index contributed by atoms with van der Waals surface area (Å²) in [4.78, 5) is 27.4. The summed E-state index contributed by atoms with van der Waals surface area (Å²) in [5, 5.41) is 0. The van der Waals surface area contributed by atoms with Crippen LogP contribution < -0.4 is 5.56 Å². The lowest BCUT2D eigenvalue weighted by Gasteiger charge is -2.07. The molecular weight excluding hydrogens is 232 g/mol. The van der Waals surface area contributed by atoms with Crippen LogP contribution >= 0.6 is 0 Å². The van der Waals surface area contributed by atoms with Gasteiger partial charge in [-0.15, -0.1) is 0 Å². The maximum Gasteiger partial charge on any atom is 0.305 e. The summed E-state index contributed by atoms with van der Waals surface area (Å²) in [5.74, 6) is -0.341. The highest BCUT2D eigenvalue weighted by Crippen LogP contribution is 2.09. The number of hydrogen-bond acceptors (Lipinski definition) is 4.